The maximum absolute atomic E-state index is 13.9. The van der Waals surface area contributed by atoms with E-state index < -0.39 is 75.6 Å². The van der Waals surface area contributed by atoms with Crippen molar-refractivity contribution in [2.45, 2.75) is 93.8 Å². The van der Waals surface area contributed by atoms with Crippen molar-refractivity contribution >= 4 is 16.1 Å². The van der Waals surface area contributed by atoms with Crippen LogP contribution >= 0.6 is 0 Å². The summed E-state index contributed by atoms with van der Waals surface area (Å²) in [5.74, 6) is -5.69. The van der Waals surface area contributed by atoms with Crippen LogP contribution in [0.1, 0.15) is 64.7 Å². The molecule has 4 aliphatic carbocycles. The van der Waals surface area contributed by atoms with Gasteiger partial charge in [0.1, 0.15) is 6.10 Å². The number of alkyl halides is 7. The largest absolute Gasteiger partial charge is 0.455 e. The molecule has 0 saturated heterocycles. The number of ether oxygens (including phenoxy) is 2. The van der Waals surface area contributed by atoms with E-state index in [-0.39, 0.29) is 30.8 Å². The Morgan fingerprint density at radius 2 is 1.49 bits per heavy atom. The average Bonchev–Trinajstić information content (AvgIpc) is 2.76. The standard InChI is InChI=1S/C24H33F7O7S/c1-14(13-37-6-4-3-5-22(25,26)24(30,31)39(34,35)36)18(32)38-19(20(2,33)23(27,28)29)21-10-15-7-16(11-21)9-17(8-15)12-21/h15-17,19,33H,1,3-13H2,2H3,(H,34,35,36). The van der Waals surface area contributed by atoms with E-state index in [0.717, 1.165) is 19.3 Å². The monoisotopic (exact) mass is 598 g/mol. The SMILES string of the molecule is C=C(COCCCCC(F)(F)C(F)(F)S(=O)(=O)O)C(=O)OC(C12CC3CC(CC(C3)C1)C2)C(C)(O)C(F)(F)F. The zero-order valence-electron chi connectivity index (χ0n) is 21.3. The minimum Gasteiger partial charge on any atom is -0.455 e. The molecule has 7 nitrogen and oxygen atoms in total. The van der Waals surface area contributed by atoms with Crippen molar-refractivity contribution in [2.75, 3.05) is 13.2 Å². The van der Waals surface area contributed by atoms with Gasteiger partial charge in [-0.1, -0.05) is 6.58 Å². The number of hydrogen-bond acceptors (Lipinski definition) is 6. The molecule has 15 heteroatoms. The Hall–Kier alpha value is -1.45. The molecule has 39 heavy (non-hydrogen) atoms. The van der Waals surface area contributed by atoms with Gasteiger partial charge in [0.05, 0.1) is 12.2 Å². The number of hydrogen-bond donors (Lipinski definition) is 2. The van der Waals surface area contributed by atoms with Crippen molar-refractivity contribution in [1.29, 1.82) is 0 Å². The van der Waals surface area contributed by atoms with Gasteiger partial charge in [-0.3, -0.25) is 4.55 Å². The normalized spacial score (nSPS) is 29.6. The third kappa shape index (κ3) is 6.40. The number of carbonyl (C=O) groups is 1. The molecule has 0 heterocycles. The quantitative estimate of drug-likeness (QED) is 0.0975. The Bertz CT molecular complexity index is 1000. The summed E-state index contributed by atoms with van der Waals surface area (Å²) in [5.41, 5.74) is -4.77. The minimum absolute atomic E-state index is 0.192. The molecule has 0 spiro atoms. The van der Waals surface area contributed by atoms with Gasteiger partial charge < -0.3 is 14.6 Å². The first-order valence-electron chi connectivity index (χ1n) is 12.6. The summed E-state index contributed by atoms with van der Waals surface area (Å²) in [6.45, 7) is 3.09. The zero-order chi connectivity index (χ0) is 29.7. The second-order valence-corrected chi connectivity index (χ2v) is 13.0. The van der Waals surface area contributed by atoms with Gasteiger partial charge in [0.2, 0.25) is 0 Å². The summed E-state index contributed by atoms with van der Waals surface area (Å²) < 4.78 is 135. The highest BCUT2D eigenvalue weighted by Gasteiger charge is 2.67. The molecular formula is C24H33F7O7S. The number of carbonyl (C=O) groups excluding carboxylic acids is 1. The lowest BCUT2D eigenvalue weighted by molar-refractivity contribution is -0.311. The van der Waals surface area contributed by atoms with Gasteiger partial charge in [0, 0.05) is 18.4 Å². The molecule has 2 unspecified atom stereocenters. The van der Waals surface area contributed by atoms with E-state index in [1.165, 1.54) is 0 Å². The molecule has 2 atom stereocenters. The van der Waals surface area contributed by atoms with Gasteiger partial charge >= 0.3 is 33.4 Å². The molecule has 0 amide bonds. The molecule has 0 radical (unpaired) electrons. The molecule has 4 aliphatic rings. The summed E-state index contributed by atoms with van der Waals surface area (Å²) >= 11 is 0. The predicted octanol–water partition coefficient (Wildman–Crippen LogP) is 5.29. The van der Waals surface area contributed by atoms with E-state index >= 15 is 0 Å². The van der Waals surface area contributed by atoms with E-state index in [1.807, 2.05) is 0 Å². The molecule has 4 fully saturated rings. The molecule has 0 aromatic heterocycles. The van der Waals surface area contributed by atoms with E-state index in [1.54, 1.807) is 0 Å². The van der Waals surface area contributed by atoms with Gasteiger partial charge in [-0.15, -0.1) is 0 Å². The first kappa shape index (κ1) is 32.1. The van der Waals surface area contributed by atoms with E-state index in [2.05, 4.69) is 6.58 Å². The topological polar surface area (TPSA) is 110 Å². The van der Waals surface area contributed by atoms with Crippen LogP contribution in [0.5, 0.6) is 0 Å². The van der Waals surface area contributed by atoms with Crippen LogP contribution < -0.4 is 0 Å². The van der Waals surface area contributed by atoms with Gasteiger partial charge in [-0.2, -0.15) is 39.2 Å². The summed E-state index contributed by atoms with van der Waals surface area (Å²) in [6.07, 6.45) is -5.60. The Kier molecular flexibility index (Phi) is 8.84. The molecular weight excluding hydrogens is 565 g/mol. The summed E-state index contributed by atoms with van der Waals surface area (Å²) in [4.78, 5) is 12.7. The lowest BCUT2D eigenvalue weighted by Crippen LogP contribution is -2.64. The number of aliphatic hydroxyl groups is 1. The van der Waals surface area contributed by atoms with Crippen LogP contribution in [-0.2, 0) is 24.4 Å². The van der Waals surface area contributed by atoms with E-state index in [9.17, 15) is 49.1 Å². The lowest BCUT2D eigenvalue weighted by Gasteiger charge is -2.60. The maximum Gasteiger partial charge on any atom is 0.431 e. The number of halogens is 7. The zero-order valence-corrected chi connectivity index (χ0v) is 22.1. The van der Waals surface area contributed by atoms with Crippen molar-refractivity contribution in [2.24, 2.45) is 23.2 Å². The second kappa shape index (κ2) is 10.8. The molecule has 226 valence electrons. The van der Waals surface area contributed by atoms with Gasteiger partial charge in [0.25, 0.3) is 0 Å². The van der Waals surface area contributed by atoms with Crippen LogP contribution in [0.25, 0.3) is 0 Å². The third-order valence-electron chi connectivity index (χ3n) is 8.30. The van der Waals surface area contributed by atoms with Crippen LogP contribution in [0.4, 0.5) is 30.7 Å². The van der Waals surface area contributed by atoms with Crippen molar-refractivity contribution in [3.63, 3.8) is 0 Å². The van der Waals surface area contributed by atoms with Crippen LogP contribution in [0.15, 0.2) is 12.2 Å². The fraction of sp³-hybridized carbons (Fsp3) is 0.875. The van der Waals surface area contributed by atoms with E-state index in [0.29, 0.717) is 26.2 Å². The Balaban J connectivity index is 1.56. The highest BCUT2D eigenvalue weighted by Crippen LogP contribution is 2.64. The number of unbranched alkanes of at least 4 members (excludes halogenated alkanes) is 1. The summed E-state index contributed by atoms with van der Waals surface area (Å²) in [7, 11) is -6.34. The number of esters is 1. The first-order chi connectivity index (χ1) is 17.6. The second-order valence-electron chi connectivity index (χ2n) is 11.5. The predicted molar refractivity (Wildman–Crippen MR) is 122 cm³/mol. The van der Waals surface area contributed by atoms with Crippen molar-refractivity contribution in [3.8, 4) is 0 Å². The molecule has 4 rings (SSSR count). The molecule has 4 bridgehead atoms. The molecule has 2 N–H and O–H groups in total. The lowest BCUT2D eigenvalue weighted by atomic mass is 9.47. The molecule has 0 aromatic rings. The van der Waals surface area contributed by atoms with Crippen LogP contribution in [-0.4, -0.2) is 66.3 Å². The van der Waals surface area contributed by atoms with Crippen molar-refractivity contribution < 1.29 is 63.1 Å². The van der Waals surface area contributed by atoms with Gasteiger partial charge in [-0.25, -0.2) is 4.79 Å². The fourth-order valence-electron chi connectivity index (χ4n) is 6.81. The third-order valence-corrected chi connectivity index (χ3v) is 9.24. The highest BCUT2D eigenvalue weighted by atomic mass is 32.2. The van der Waals surface area contributed by atoms with E-state index in [4.69, 9.17) is 14.0 Å². The Labute approximate surface area is 221 Å². The number of rotatable bonds is 13. The van der Waals surface area contributed by atoms with Crippen molar-refractivity contribution in [3.05, 3.63) is 12.2 Å². The summed E-state index contributed by atoms with van der Waals surface area (Å²) in [6, 6.07) is 0. The summed E-state index contributed by atoms with van der Waals surface area (Å²) in [5, 5.41) is 4.94. The van der Waals surface area contributed by atoms with Crippen LogP contribution in [0.3, 0.4) is 0 Å². The highest BCUT2D eigenvalue weighted by molar-refractivity contribution is 7.87. The molecule has 0 aromatic carbocycles. The van der Waals surface area contributed by atoms with Crippen LogP contribution in [0, 0.1) is 23.2 Å². The first-order valence-corrected chi connectivity index (χ1v) is 14.1. The average molecular weight is 599 g/mol. The Morgan fingerprint density at radius 3 is 1.92 bits per heavy atom. The van der Waals surface area contributed by atoms with Gasteiger partial charge in [0.15, 0.2) is 5.60 Å². The smallest absolute Gasteiger partial charge is 0.431 e. The maximum atomic E-state index is 13.9. The fourth-order valence-corrected chi connectivity index (χ4v) is 7.29. The van der Waals surface area contributed by atoms with Gasteiger partial charge in [-0.05, 0) is 76.0 Å². The molecule has 0 aliphatic heterocycles. The Morgan fingerprint density at radius 1 is 1.00 bits per heavy atom. The van der Waals surface area contributed by atoms with Crippen LogP contribution in [0.2, 0.25) is 0 Å². The molecule has 4 saturated carbocycles. The van der Waals surface area contributed by atoms with Crippen molar-refractivity contribution in [1.82, 2.24) is 0 Å². The minimum atomic E-state index is -6.34.